The second-order valence-electron chi connectivity index (χ2n) is 5.93. The Labute approximate surface area is 125 Å². The monoisotopic (exact) mass is 294 g/mol. The highest BCUT2D eigenvalue weighted by molar-refractivity contribution is 5.26. The van der Waals surface area contributed by atoms with E-state index < -0.39 is 5.79 Å². The predicted molar refractivity (Wildman–Crippen MR) is 75.9 cm³/mol. The Morgan fingerprint density at radius 3 is 2.52 bits per heavy atom. The Hall–Kier alpha value is -1.14. The van der Waals surface area contributed by atoms with E-state index in [4.69, 9.17) is 23.7 Å². The van der Waals surface area contributed by atoms with Gasteiger partial charge in [0.25, 0.3) is 0 Å². The minimum absolute atomic E-state index is 0.0469. The summed E-state index contributed by atoms with van der Waals surface area (Å²) in [7, 11) is 1.66. The molecule has 2 heterocycles. The van der Waals surface area contributed by atoms with Crippen molar-refractivity contribution in [3.63, 3.8) is 0 Å². The number of methoxy groups -OCH3 is 1. The summed E-state index contributed by atoms with van der Waals surface area (Å²) >= 11 is 0. The van der Waals surface area contributed by atoms with Crippen LogP contribution in [0.3, 0.4) is 0 Å². The van der Waals surface area contributed by atoms with E-state index in [0.29, 0.717) is 6.61 Å². The fraction of sp³-hybridized carbons (Fsp3) is 0.625. The number of hydrogen-bond acceptors (Lipinski definition) is 5. The van der Waals surface area contributed by atoms with Gasteiger partial charge in [0.1, 0.15) is 18.0 Å². The summed E-state index contributed by atoms with van der Waals surface area (Å²) in [6, 6.07) is 7.84. The van der Waals surface area contributed by atoms with Crippen LogP contribution in [-0.2, 0) is 25.6 Å². The van der Waals surface area contributed by atoms with Crippen molar-refractivity contribution in [2.45, 2.75) is 57.8 Å². The molecule has 0 spiro atoms. The molecular weight excluding hydrogens is 272 g/mol. The summed E-state index contributed by atoms with van der Waals surface area (Å²) in [6.07, 6.45) is -0.683. The lowest BCUT2D eigenvalue weighted by atomic mass is 10.1. The molecule has 0 saturated carbocycles. The van der Waals surface area contributed by atoms with Gasteiger partial charge in [-0.15, -0.1) is 0 Å². The summed E-state index contributed by atoms with van der Waals surface area (Å²) in [5, 5.41) is 0. The Morgan fingerprint density at radius 1 is 1.14 bits per heavy atom. The zero-order valence-corrected chi connectivity index (χ0v) is 12.9. The van der Waals surface area contributed by atoms with Crippen molar-refractivity contribution in [3.05, 3.63) is 29.8 Å². The molecule has 0 aromatic heterocycles. The van der Waals surface area contributed by atoms with Crippen LogP contribution in [0.15, 0.2) is 24.3 Å². The zero-order valence-electron chi connectivity index (χ0n) is 12.9. The van der Waals surface area contributed by atoms with Gasteiger partial charge in [-0.2, -0.15) is 0 Å². The Balaban J connectivity index is 1.61. The van der Waals surface area contributed by atoms with Crippen molar-refractivity contribution >= 4 is 0 Å². The van der Waals surface area contributed by atoms with Crippen LogP contribution in [-0.4, -0.2) is 37.5 Å². The maximum Gasteiger partial charge on any atom is 0.190 e. The van der Waals surface area contributed by atoms with Crippen molar-refractivity contribution in [2.24, 2.45) is 0 Å². The van der Waals surface area contributed by atoms with Crippen LogP contribution in [0.25, 0.3) is 0 Å². The summed E-state index contributed by atoms with van der Waals surface area (Å²) in [6.45, 7) is 6.27. The molecule has 0 amide bonds. The lowest BCUT2D eigenvalue weighted by Crippen LogP contribution is -2.35. The van der Waals surface area contributed by atoms with Gasteiger partial charge in [-0.05, 0) is 38.5 Å². The summed E-state index contributed by atoms with van der Waals surface area (Å²) in [4.78, 5) is 0. The third-order valence-electron chi connectivity index (χ3n) is 3.82. The van der Waals surface area contributed by atoms with Gasteiger partial charge in [0.15, 0.2) is 12.1 Å². The number of benzene rings is 1. The quantitative estimate of drug-likeness (QED) is 0.853. The average Bonchev–Trinajstić information content (AvgIpc) is 2.88. The van der Waals surface area contributed by atoms with E-state index in [9.17, 15) is 0 Å². The number of ether oxygens (including phenoxy) is 5. The van der Waals surface area contributed by atoms with Crippen molar-refractivity contribution in [1.82, 2.24) is 0 Å². The molecule has 1 aromatic carbocycles. The van der Waals surface area contributed by atoms with E-state index in [0.717, 1.165) is 11.3 Å². The number of hydrogen-bond donors (Lipinski definition) is 0. The molecule has 0 N–H and O–H groups in total. The molecular formula is C16H22O5. The number of rotatable bonds is 4. The SMILES string of the molecule is COc1ccc(CO[C@H]2[C@@H]3OC(C)(C)O[C@@H]3O[C@H]2C)cc1. The van der Waals surface area contributed by atoms with Crippen LogP contribution in [0.2, 0.25) is 0 Å². The van der Waals surface area contributed by atoms with Gasteiger partial charge in [-0.3, -0.25) is 0 Å². The topological polar surface area (TPSA) is 46.2 Å². The van der Waals surface area contributed by atoms with Gasteiger partial charge < -0.3 is 23.7 Å². The summed E-state index contributed by atoms with van der Waals surface area (Å²) < 4.78 is 28.5. The van der Waals surface area contributed by atoms with Gasteiger partial charge in [-0.1, -0.05) is 12.1 Å². The first-order chi connectivity index (χ1) is 9.98. The average molecular weight is 294 g/mol. The maximum absolute atomic E-state index is 6.01. The van der Waals surface area contributed by atoms with Crippen molar-refractivity contribution < 1.29 is 23.7 Å². The first kappa shape index (κ1) is 14.8. The third-order valence-corrected chi connectivity index (χ3v) is 3.82. The van der Waals surface area contributed by atoms with Gasteiger partial charge >= 0.3 is 0 Å². The standard InChI is InChI=1S/C16H22O5/c1-10-13(14-15(19-10)21-16(2,3)20-14)18-9-11-5-7-12(17-4)8-6-11/h5-8,10,13-15H,9H2,1-4H3/t10-,13+,14-,15-/m0/s1. The molecule has 2 saturated heterocycles. The molecule has 5 nitrogen and oxygen atoms in total. The molecule has 116 valence electrons. The highest BCUT2D eigenvalue weighted by Crippen LogP contribution is 2.38. The molecule has 2 fully saturated rings. The molecule has 1 aromatic rings. The van der Waals surface area contributed by atoms with E-state index in [1.807, 2.05) is 45.0 Å². The molecule has 4 atom stereocenters. The maximum atomic E-state index is 6.01. The Kier molecular flexibility index (Phi) is 3.92. The molecule has 2 aliphatic rings. The summed E-state index contributed by atoms with van der Waals surface area (Å²) in [5.41, 5.74) is 1.09. The summed E-state index contributed by atoms with van der Waals surface area (Å²) in [5.74, 6) is 0.225. The van der Waals surface area contributed by atoms with E-state index in [1.54, 1.807) is 7.11 Å². The van der Waals surface area contributed by atoms with E-state index in [1.165, 1.54) is 0 Å². The normalized spacial score (nSPS) is 33.9. The van der Waals surface area contributed by atoms with Crippen molar-refractivity contribution in [2.75, 3.05) is 7.11 Å². The second-order valence-corrected chi connectivity index (χ2v) is 5.93. The first-order valence-corrected chi connectivity index (χ1v) is 7.24. The highest BCUT2D eigenvalue weighted by Gasteiger charge is 2.54. The smallest absolute Gasteiger partial charge is 0.190 e. The zero-order chi connectivity index (χ0) is 15.0. The molecule has 0 bridgehead atoms. The van der Waals surface area contributed by atoms with Gasteiger partial charge in [0.05, 0.1) is 19.8 Å². The lowest BCUT2D eigenvalue weighted by molar-refractivity contribution is -0.216. The lowest BCUT2D eigenvalue weighted by Gasteiger charge is -2.24. The van der Waals surface area contributed by atoms with Gasteiger partial charge in [0.2, 0.25) is 0 Å². The van der Waals surface area contributed by atoms with Crippen LogP contribution < -0.4 is 4.74 Å². The van der Waals surface area contributed by atoms with E-state index in [2.05, 4.69) is 0 Å². The Bertz CT molecular complexity index is 484. The third kappa shape index (κ3) is 3.06. The minimum atomic E-state index is -0.614. The second kappa shape index (κ2) is 5.57. The molecule has 21 heavy (non-hydrogen) atoms. The van der Waals surface area contributed by atoms with Gasteiger partial charge in [0, 0.05) is 0 Å². The van der Waals surface area contributed by atoms with Crippen LogP contribution in [0, 0.1) is 0 Å². The minimum Gasteiger partial charge on any atom is -0.497 e. The molecule has 5 heteroatoms. The van der Waals surface area contributed by atoms with Crippen LogP contribution in [0.5, 0.6) is 5.75 Å². The fourth-order valence-corrected chi connectivity index (χ4v) is 2.79. The largest absolute Gasteiger partial charge is 0.497 e. The highest BCUT2D eigenvalue weighted by atomic mass is 16.8. The Morgan fingerprint density at radius 2 is 1.86 bits per heavy atom. The number of fused-ring (bicyclic) bond motifs is 1. The van der Waals surface area contributed by atoms with Crippen LogP contribution in [0.1, 0.15) is 26.3 Å². The van der Waals surface area contributed by atoms with E-state index >= 15 is 0 Å². The van der Waals surface area contributed by atoms with Crippen LogP contribution >= 0.6 is 0 Å². The van der Waals surface area contributed by atoms with Crippen molar-refractivity contribution in [1.29, 1.82) is 0 Å². The predicted octanol–water partition coefficient (Wildman–Crippen LogP) is 2.48. The first-order valence-electron chi connectivity index (χ1n) is 7.24. The van der Waals surface area contributed by atoms with Gasteiger partial charge in [-0.25, -0.2) is 0 Å². The molecule has 0 radical (unpaired) electrons. The van der Waals surface area contributed by atoms with E-state index in [-0.39, 0.29) is 24.6 Å². The van der Waals surface area contributed by atoms with Crippen molar-refractivity contribution in [3.8, 4) is 5.75 Å². The molecule has 2 aliphatic heterocycles. The molecule has 0 unspecified atom stereocenters. The molecule has 0 aliphatic carbocycles. The fourth-order valence-electron chi connectivity index (χ4n) is 2.79. The van der Waals surface area contributed by atoms with Crippen LogP contribution in [0.4, 0.5) is 0 Å². The molecule has 3 rings (SSSR count).